The molecule has 0 saturated carbocycles. The van der Waals surface area contributed by atoms with Gasteiger partial charge in [-0.2, -0.15) is 0 Å². The summed E-state index contributed by atoms with van der Waals surface area (Å²) in [7, 11) is 0. The average molecular weight is 262 g/mol. The van der Waals surface area contributed by atoms with Gasteiger partial charge in [-0.1, -0.05) is 23.7 Å². The highest BCUT2D eigenvalue weighted by Crippen LogP contribution is 2.17. The third-order valence-electron chi connectivity index (χ3n) is 2.49. The summed E-state index contributed by atoms with van der Waals surface area (Å²) in [5.74, 6) is 0.156. The lowest BCUT2D eigenvalue weighted by Crippen LogP contribution is -2.13. The molecule has 0 spiro atoms. The van der Waals surface area contributed by atoms with Crippen molar-refractivity contribution in [3.05, 3.63) is 52.7 Å². The monoisotopic (exact) mass is 261 g/mol. The molecule has 4 nitrogen and oxygen atoms in total. The van der Waals surface area contributed by atoms with Gasteiger partial charge in [0.15, 0.2) is 0 Å². The summed E-state index contributed by atoms with van der Waals surface area (Å²) in [6.07, 6.45) is 0. The second-order valence-electron chi connectivity index (χ2n) is 3.81. The van der Waals surface area contributed by atoms with Gasteiger partial charge in [0.1, 0.15) is 5.82 Å². The van der Waals surface area contributed by atoms with E-state index in [2.05, 4.69) is 10.3 Å². The first kappa shape index (κ1) is 12.4. The molecule has 1 aromatic heterocycles. The predicted molar refractivity (Wildman–Crippen MR) is 72.8 cm³/mol. The molecule has 0 bridgehead atoms. The van der Waals surface area contributed by atoms with Crippen LogP contribution in [0.5, 0.6) is 0 Å². The van der Waals surface area contributed by atoms with Crippen molar-refractivity contribution in [2.75, 3.05) is 11.1 Å². The molecule has 1 aromatic carbocycles. The number of hydrogen-bond donors (Lipinski definition) is 2. The van der Waals surface area contributed by atoms with E-state index in [4.69, 9.17) is 17.3 Å². The maximum atomic E-state index is 12.0. The van der Waals surface area contributed by atoms with E-state index in [1.807, 2.05) is 0 Å². The summed E-state index contributed by atoms with van der Waals surface area (Å²) in [6.45, 7) is 1.78. The molecule has 2 rings (SSSR count). The maximum Gasteiger partial charge on any atom is 0.258 e. The zero-order valence-corrected chi connectivity index (χ0v) is 10.5. The number of hydrogen-bond acceptors (Lipinski definition) is 3. The van der Waals surface area contributed by atoms with Gasteiger partial charge in [0.05, 0.1) is 22.0 Å². The van der Waals surface area contributed by atoms with Crippen LogP contribution < -0.4 is 11.1 Å². The zero-order valence-electron chi connectivity index (χ0n) is 9.77. The van der Waals surface area contributed by atoms with Crippen LogP contribution in [-0.2, 0) is 0 Å². The second kappa shape index (κ2) is 5.06. The van der Waals surface area contributed by atoms with E-state index in [9.17, 15) is 4.79 Å². The van der Waals surface area contributed by atoms with Crippen LogP contribution in [0.25, 0.3) is 0 Å². The Labute approximate surface area is 110 Å². The Balaban J connectivity index is 2.22. The third kappa shape index (κ3) is 2.60. The molecule has 0 aliphatic rings. The minimum Gasteiger partial charge on any atom is -0.397 e. The standard InChI is InChI=1S/C13H12ClN3O/c1-8-11(15)6-7-12(16-8)17-13(18)9-4-2-3-5-10(9)14/h2-7H,15H2,1H3,(H,16,17,18). The quantitative estimate of drug-likeness (QED) is 0.873. The van der Waals surface area contributed by atoms with Gasteiger partial charge in [0, 0.05) is 0 Å². The molecular formula is C13H12ClN3O. The number of nitrogens with two attached hydrogens (primary N) is 1. The minimum atomic E-state index is -0.294. The highest BCUT2D eigenvalue weighted by atomic mass is 35.5. The molecule has 1 amide bonds. The molecule has 0 aliphatic heterocycles. The van der Waals surface area contributed by atoms with Crippen LogP contribution in [-0.4, -0.2) is 10.9 Å². The van der Waals surface area contributed by atoms with Crippen molar-refractivity contribution in [2.45, 2.75) is 6.92 Å². The normalized spacial score (nSPS) is 10.1. The molecule has 0 radical (unpaired) electrons. The maximum absolute atomic E-state index is 12.0. The van der Waals surface area contributed by atoms with Crippen LogP contribution in [0.3, 0.4) is 0 Å². The number of amides is 1. The first-order chi connectivity index (χ1) is 8.58. The predicted octanol–water partition coefficient (Wildman–Crippen LogP) is 2.88. The number of anilines is 2. The Hall–Kier alpha value is -2.07. The van der Waals surface area contributed by atoms with E-state index >= 15 is 0 Å². The van der Waals surface area contributed by atoms with Crippen molar-refractivity contribution in [3.63, 3.8) is 0 Å². The van der Waals surface area contributed by atoms with Crippen LogP contribution >= 0.6 is 11.6 Å². The van der Waals surface area contributed by atoms with Crippen molar-refractivity contribution in [1.29, 1.82) is 0 Å². The van der Waals surface area contributed by atoms with Gasteiger partial charge in [-0.25, -0.2) is 4.98 Å². The first-order valence-corrected chi connectivity index (χ1v) is 5.74. The number of nitrogens with zero attached hydrogens (tertiary/aromatic N) is 1. The lowest BCUT2D eigenvalue weighted by molar-refractivity contribution is 0.102. The van der Waals surface area contributed by atoms with Crippen LogP contribution in [0.4, 0.5) is 11.5 Å². The molecule has 2 aromatic rings. The summed E-state index contributed by atoms with van der Waals surface area (Å²) < 4.78 is 0. The zero-order chi connectivity index (χ0) is 13.1. The van der Waals surface area contributed by atoms with Crippen molar-refractivity contribution < 1.29 is 4.79 Å². The number of nitrogen functional groups attached to an aromatic ring is 1. The van der Waals surface area contributed by atoms with E-state index in [1.165, 1.54) is 0 Å². The Morgan fingerprint density at radius 2 is 2.00 bits per heavy atom. The van der Waals surface area contributed by atoms with Gasteiger partial charge in [-0.15, -0.1) is 0 Å². The largest absolute Gasteiger partial charge is 0.397 e. The van der Waals surface area contributed by atoms with Gasteiger partial charge in [0.25, 0.3) is 5.91 Å². The number of aryl methyl sites for hydroxylation is 1. The number of carbonyl (C=O) groups excluding carboxylic acids is 1. The van der Waals surface area contributed by atoms with E-state index in [-0.39, 0.29) is 5.91 Å². The lowest BCUT2D eigenvalue weighted by atomic mass is 10.2. The van der Waals surface area contributed by atoms with Crippen LogP contribution in [0.15, 0.2) is 36.4 Å². The highest BCUT2D eigenvalue weighted by molar-refractivity contribution is 6.34. The first-order valence-electron chi connectivity index (χ1n) is 5.37. The smallest absolute Gasteiger partial charge is 0.258 e. The number of rotatable bonds is 2. The molecule has 0 atom stereocenters. The fourth-order valence-electron chi connectivity index (χ4n) is 1.47. The highest BCUT2D eigenvalue weighted by Gasteiger charge is 2.10. The number of aromatic nitrogens is 1. The fourth-order valence-corrected chi connectivity index (χ4v) is 1.69. The summed E-state index contributed by atoms with van der Waals surface area (Å²) in [4.78, 5) is 16.1. The molecular weight excluding hydrogens is 250 g/mol. The number of benzene rings is 1. The van der Waals surface area contributed by atoms with Gasteiger partial charge < -0.3 is 11.1 Å². The molecule has 3 N–H and O–H groups in total. The Kier molecular flexibility index (Phi) is 3.48. The molecule has 0 saturated heterocycles. The van der Waals surface area contributed by atoms with E-state index in [1.54, 1.807) is 43.3 Å². The Bertz CT molecular complexity index is 599. The molecule has 1 heterocycles. The Morgan fingerprint density at radius 1 is 1.28 bits per heavy atom. The van der Waals surface area contributed by atoms with Crippen molar-refractivity contribution in [3.8, 4) is 0 Å². The molecule has 18 heavy (non-hydrogen) atoms. The molecule has 92 valence electrons. The van der Waals surface area contributed by atoms with Gasteiger partial charge in [0.2, 0.25) is 0 Å². The molecule has 0 aliphatic carbocycles. The van der Waals surface area contributed by atoms with Crippen molar-refractivity contribution >= 4 is 29.0 Å². The second-order valence-corrected chi connectivity index (χ2v) is 4.21. The lowest BCUT2D eigenvalue weighted by Gasteiger charge is -2.07. The van der Waals surface area contributed by atoms with Crippen LogP contribution in [0.1, 0.15) is 16.1 Å². The van der Waals surface area contributed by atoms with Crippen LogP contribution in [0.2, 0.25) is 5.02 Å². The molecule has 0 fully saturated rings. The van der Waals surface area contributed by atoms with E-state index in [0.29, 0.717) is 27.8 Å². The van der Waals surface area contributed by atoms with Gasteiger partial charge in [-0.3, -0.25) is 4.79 Å². The fraction of sp³-hybridized carbons (Fsp3) is 0.0769. The average Bonchev–Trinajstić information content (AvgIpc) is 2.34. The number of pyridine rings is 1. The SMILES string of the molecule is Cc1nc(NC(=O)c2ccccc2Cl)ccc1N. The van der Waals surface area contributed by atoms with Crippen LogP contribution in [0, 0.1) is 6.92 Å². The summed E-state index contributed by atoms with van der Waals surface area (Å²) in [5.41, 5.74) is 7.33. The van der Waals surface area contributed by atoms with E-state index in [0.717, 1.165) is 0 Å². The minimum absolute atomic E-state index is 0.294. The van der Waals surface area contributed by atoms with E-state index < -0.39 is 0 Å². The number of nitrogens with one attached hydrogen (secondary N) is 1. The summed E-state index contributed by atoms with van der Waals surface area (Å²) in [6, 6.07) is 10.2. The summed E-state index contributed by atoms with van der Waals surface area (Å²) >= 11 is 5.94. The summed E-state index contributed by atoms with van der Waals surface area (Å²) in [5, 5.41) is 3.08. The van der Waals surface area contributed by atoms with Gasteiger partial charge >= 0.3 is 0 Å². The topological polar surface area (TPSA) is 68.0 Å². The van der Waals surface area contributed by atoms with Crippen molar-refractivity contribution in [2.24, 2.45) is 0 Å². The van der Waals surface area contributed by atoms with Gasteiger partial charge in [-0.05, 0) is 31.2 Å². The Morgan fingerprint density at radius 3 is 2.67 bits per heavy atom. The molecule has 0 unspecified atom stereocenters. The van der Waals surface area contributed by atoms with Crippen molar-refractivity contribution in [1.82, 2.24) is 4.98 Å². The molecule has 5 heteroatoms. The third-order valence-corrected chi connectivity index (χ3v) is 2.82. The number of halogens is 1. The number of carbonyl (C=O) groups is 1.